The quantitative estimate of drug-likeness (QED) is 0.428. The van der Waals surface area contributed by atoms with Crippen molar-refractivity contribution >= 4 is 27.5 Å². The number of hydrogen-bond acceptors (Lipinski definition) is 5. The van der Waals surface area contributed by atoms with E-state index in [1.165, 1.54) is 12.1 Å². The van der Waals surface area contributed by atoms with Crippen LogP contribution in [0.1, 0.15) is 45.1 Å². The summed E-state index contributed by atoms with van der Waals surface area (Å²) in [4.78, 5) is 14.8. The van der Waals surface area contributed by atoms with Gasteiger partial charge in [-0.05, 0) is 43.5 Å². The van der Waals surface area contributed by atoms with Crippen LogP contribution in [0.2, 0.25) is 0 Å². The Labute approximate surface area is 158 Å². The molecule has 0 aromatic heterocycles. The van der Waals surface area contributed by atoms with E-state index in [2.05, 4.69) is 4.99 Å². The Hall–Kier alpha value is -0.730. The van der Waals surface area contributed by atoms with Crippen LogP contribution in [0.25, 0.3) is 0 Å². The molecular formula is C15H18NNaO5S. The summed E-state index contributed by atoms with van der Waals surface area (Å²) in [5.41, 5.74) is 1.77. The minimum atomic E-state index is -4.51. The van der Waals surface area contributed by atoms with Crippen molar-refractivity contribution in [2.75, 3.05) is 0 Å². The largest absolute Gasteiger partial charge is 1.00 e. The summed E-state index contributed by atoms with van der Waals surface area (Å²) in [6, 6.07) is 4.22. The van der Waals surface area contributed by atoms with E-state index in [0.717, 1.165) is 11.3 Å². The molecule has 1 heterocycles. The average molecular weight is 347 g/mol. The van der Waals surface area contributed by atoms with Gasteiger partial charge in [0.2, 0.25) is 0 Å². The van der Waals surface area contributed by atoms with Gasteiger partial charge in [0, 0.05) is 17.5 Å². The molecule has 120 valence electrons. The van der Waals surface area contributed by atoms with Crippen molar-refractivity contribution in [3.05, 3.63) is 23.8 Å². The molecule has 8 heteroatoms. The number of nitrogens with zero attached hydrogens (tertiary/aromatic N) is 1. The molecule has 0 saturated heterocycles. The zero-order valence-corrected chi connectivity index (χ0v) is 16.3. The second-order valence-corrected chi connectivity index (χ2v) is 7.14. The first kappa shape index (κ1) is 20.3. The first-order valence-corrected chi connectivity index (χ1v) is 8.43. The fourth-order valence-corrected chi connectivity index (χ4v) is 3.28. The Kier molecular flexibility index (Phi) is 6.57. The number of carboxylic acids is 1. The second-order valence-electron chi connectivity index (χ2n) is 5.76. The minimum absolute atomic E-state index is 0. The predicted molar refractivity (Wildman–Crippen MR) is 80.6 cm³/mol. The maximum Gasteiger partial charge on any atom is 1.00 e. The van der Waals surface area contributed by atoms with Crippen LogP contribution in [0.15, 0.2) is 28.1 Å². The van der Waals surface area contributed by atoms with Crippen LogP contribution in [0.3, 0.4) is 0 Å². The molecule has 1 aliphatic heterocycles. The third kappa shape index (κ3) is 4.42. The molecule has 1 aromatic rings. The summed E-state index contributed by atoms with van der Waals surface area (Å²) in [6.45, 7) is 3.81. The van der Waals surface area contributed by atoms with Gasteiger partial charge in [-0.15, -0.1) is 0 Å². The first-order valence-electron chi connectivity index (χ1n) is 7.02. The molecule has 0 fully saturated rings. The van der Waals surface area contributed by atoms with Crippen molar-refractivity contribution in [1.82, 2.24) is 0 Å². The van der Waals surface area contributed by atoms with Gasteiger partial charge >= 0.3 is 35.5 Å². The van der Waals surface area contributed by atoms with E-state index in [1.54, 1.807) is 6.07 Å². The van der Waals surface area contributed by atoms with Crippen LogP contribution in [0.4, 0.5) is 5.69 Å². The molecule has 0 aliphatic carbocycles. The summed E-state index contributed by atoms with van der Waals surface area (Å²) in [6.07, 6.45) is 2.00. The number of aliphatic carboxylic acids is 1. The molecule has 0 amide bonds. The van der Waals surface area contributed by atoms with Crippen molar-refractivity contribution < 1.29 is 52.4 Å². The SMILES string of the molecule is CC1=Nc2ccc(S(=O)(=O)[O-])cc2C1(C)CCCCC(=O)O.[Na+]. The maximum absolute atomic E-state index is 11.2. The number of aliphatic imine (C=N–C) groups is 1. The van der Waals surface area contributed by atoms with Gasteiger partial charge in [-0.1, -0.05) is 13.3 Å². The molecule has 1 unspecified atom stereocenters. The molecule has 0 spiro atoms. The number of rotatable bonds is 6. The fourth-order valence-electron chi connectivity index (χ4n) is 2.78. The van der Waals surface area contributed by atoms with E-state index < -0.39 is 21.5 Å². The minimum Gasteiger partial charge on any atom is -0.744 e. The molecule has 1 aliphatic rings. The molecule has 0 radical (unpaired) electrons. The molecule has 1 aromatic carbocycles. The number of carbonyl (C=O) groups is 1. The predicted octanol–water partition coefficient (Wildman–Crippen LogP) is -0.397. The zero-order valence-electron chi connectivity index (χ0n) is 13.5. The van der Waals surface area contributed by atoms with Crippen molar-refractivity contribution in [1.29, 1.82) is 0 Å². The Morgan fingerprint density at radius 2 is 2.00 bits per heavy atom. The molecule has 0 bridgehead atoms. The molecule has 23 heavy (non-hydrogen) atoms. The van der Waals surface area contributed by atoms with Gasteiger partial charge in [0.1, 0.15) is 10.1 Å². The normalized spacial score (nSPS) is 19.7. The Morgan fingerprint density at radius 3 is 2.57 bits per heavy atom. The summed E-state index contributed by atoms with van der Waals surface area (Å²) >= 11 is 0. The average Bonchev–Trinajstić information content (AvgIpc) is 2.66. The van der Waals surface area contributed by atoms with Gasteiger partial charge in [-0.2, -0.15) is 0 Å². The number of unbranched alkanes of at least 4 members (excludes halogenated alkanes) is 1. The smallest absolute Gasteiger partial charge is 0.744 e. The van der Waals surface area contributed by atoms with Crippen molar-refractivity contribution in [2.45, 2.75) is 49.8 Å². The third-order valence-electron chi connectivity index (χ3n) is 4.26. The van der Waals surface area contributed by atoms with E-state index in [0.29, 0.717) is 24.9 Å². The van der Waals surface area contributed by atoms with Crippen LogP contribution in [-0.4, -0.2) is 29.8 Å². The molecule has 1 N–H and O–H groups in total. The maximum atomic E-state index is 11.2. The molecular weight excluding hydrogens is 329 g/mol. The topological polar surface area (TPSA) is 107 Å². The second kappa shape index (κ2) is 7.44. The fraction of sp³-hybridized carbons (Fsp3) is 0.467. The van der Waals surface area contributed by atoms with E-state index in [4.69, 9.17) is 5.11 Å². The van der Waals surface area contributed by atoms with Crippen LogP contribution < -0.4 is 29.6 Å². The number of benzene rings is 1. The summed E-state index contributed by atoms with van der Waals surface area (Å²) < 4.78 is 33.6. The molecule has 6 nitrogen and oxygen atoms in total. The van der Waals surface area contributed by atoms with Gasteiger partial charge in [0.05, 0.1) is 10.6 Å². The van der Waals surface area contributed by atoms with Crippen molar-refractivity contribution in [2.24, 2.45) is 4.99 Å². The summed E-state index contributed by atoms with van der Waals surface area (Å²) in [7, 11) is -4.51. The molecule has 2 rings (SSSR count). The van der Waals surface area contributed by atoms with E-state index in [1.807, 2.05) is 13.8 Å². The molecule has 0 saturated carbocycles. The standard InChI is InChI=1S/C15H19NO5S.Na/c1-10-15(2,8-4-3-5-14(17)18)12-9-11(22(19,20)21)6-7-13(12)16-10;/h6-7,9H,3-5,8H2,1-2H3,(H,17,18)(H,19,20,21);/q;+1/p-1. The van der Waals surface area contributed by atoms with Gasteiger partial charge in [-0.25, -0.2) is 8.42 Å². The first-order chi connectivity index (χ1) is 10.1. The zero-order chi connectivity index (χ0) is 16.5. The van der Waals surface area contributed by atoms with Gasteiger partial charge < -0.3 is 9.66 Å². The van der Waals surface area contributed by atoms with E-state index >= 15 is 0 Å². The van der Waals surface area contributed by atoms with Crippen molar-refractivity contribution in [3.63, 3.8) is 0 Å². The monoisotopic (exact) mass is 347 g/mol. The summed E-state index contributed by atoms with van der Waals surface area (Å²) in [5.74, 6) is -0.831. The number of hydrogen-bond donors (Lipinski definition) is 1. The van der Waals surface area contributed by atoms with Crippen LogP contribution in [-0.2, 0) is 20.3 Å². The van der Waals surface area contributed by atoms with Crippen molar-refractivity contribution in [3.8, 4) is 0 Å². The van der Waals surface area contributed by atoms with Crippen LogP contribution in [0, 0.1) is 0 Å². The number of carboxylic acid groups (broad SMARTS) is 1. The van der Waals surface area contributed by atoms with Gasteiger partial charge in [0.25, 0.3) is 0 Å². The Morgan fingerprint density at radius 1 is 1.35 bits per heavy atom. The molecule has 1 atom stereocenters. The number of fused-ring (bicyclic) bond motifs is 1. The van der Waals surface area contributed by atoms with Gasteiger partial charge in [-0.3, -0.25) is 9.79 Å². The van der Waals surface area contributed by atoms with Crippen LogP contribution in [0.5, 0.6) is 0 Å². The Balaban J connectivity index is 0.00000264. The van der Waals surface area contributed by atoms with E-state index in [-0.39, 0.29) is 40.9 Å². The summed E-state index contributed by atoms with van der Waals surface area (Å²) in [5, 5.41) is 8.68. The third-order valence-corrected chi connectivity index (χ3v) is 5.09. The van der Waals surface area contributed by atoms with Crippen LogP contribution >= 0.6 is 0 Å². The van der Waals surface area contributed by atoms with E-state index in [9.17, 15) is 17.8 Å². The van der Waals surface area contributed by atoms with Gasteiger partial charge in [0.15, 0.2) is 0 Å². The Bertz CT molecular complexity index is 744.